The molecule has 0 unspecified atom stereocenters. The van der Waals surface area contributed by atoms with Crippen LogP contribution in [-0.4, -0.2) is 31.5 Å². The highest BCUT2D eigenvalue weighted by Crippen LogP contribution is 2.20. The molecule has 1 amide bonds. The molecule has 1 aromatic rings. The van der Waals surface area contributed by atoms with Crippen molar-refractivity contribution in [2.24, 2.45) is 0 Å². The Bertz CT molecular complexity index is 438. The van der Waals surface area contributed by atoms with E-state index in [1.54, 1.807) is 20.2 Å². The molecule has 4 nitrogen and oxygen atoms in total. The Labute approximate surface area is 92.8 Å². The zero-order chi connectivity index (χ0) is 12.1. The van der Waals surface area contributed by atoms with E-state index in [-0.39, 0.29) is 23.8 Å². The molecule has 1 aromatic carbocycles. The van der Waals surface area contributed by atoms with Crippen molar-refractivity contribution in [3.05, 3.63) is 29.6 Å². The van der Waals surface area contributed by atoms with Gasteiger partial charge < -0.3 is 9.64 Å². The van der Waals surface area contributed by atoms with Crippen LogP contribution in [0.3, 0.4) is 0 Å². The summed E-state index contributed by atoms with van der Waals surface area (Å²) in [5.74, 6) is -0.830. The van der Waals surface area contributed by atoms with E-state index in [2.05, 4.69) is 0 Å². The summed E-state index contributed by atoms with van der Waals surface area (Å²) in [4.78, 5) is 12.6. The second-order valence-electron chi connectivity index (χ2n) is 3.30. The average Bonchev–Trinajstić information content (AvgIpc) is 2.25. The van der Waals surface area contributed by atoms with Crippen LogP contribution in [0, 0.1) is 17.1 Å². The number of likely N-dealkylation sites (N-methyl/N-ethyl adjacent to an activating group) is 1. The normalized spacial score (nSPS) is 9.38. The first-order valence-electron chi connectivity index (χ1n) is 4.58. The molecule has 0 spiro atoms. The lowest BCUT2D eigenvalue weighted by Crippen LogP contribution is -2.27. The predicted molar refractivity (Wildman–Crippen MR) is 55.3 cm³/mol. The summed E-state index contributed by atoms with van der Waals surface area (Å²) in [6, 6.07) is 5.73. The standard InChI is InChI=1S/C11H11FN2O2/c1-14(2)11(15)7-16-10-5-3-4-9(12)8(10)6-13/h3-5H,7H2,1-2H3. The van der Waals surface area contributed by atoms with Crippen LogP contribution in [-0.2, 0) is 4.79 Å². The van der Waals surface area contributed by atoms with E-state index in [4.69, 9.17) is 10.00 Å². The second kappa shape index (κ2) is 5.12. The molecule has 0 atom stereocenters. The molecule has 5 heteroatoms. The van der Waals surface area contributed by atoms with Crippen LogP contribution < -0.4 is 4.74 Å². The van der Waals surface area contributed by atoms with Crippen molar-refractivity contribution in [2.75, 3.05) is 20.7 Å². The van der Waals surface area contributed by atoms with Crippen molar-refractivity contribution in [3.63, 3.8) is 0 Å². The lowest BCUT2D eigenvalue weighted by molar-refractivity contribution is -0.130. The highest BCUT2D eigenvalue weighted by molar-refractivity contribution is 5.77. The summed E-state index contributed by atoms with van der Waals surface area (Å²) in [5, 5.41) is 8.71. The molecule has 0 fully saturated rings. The molecule has 0 aliphatic rings. The predicted octanol–water partition coefficient (Wildman–Crippen LogP) is 1.16. The minimum Gasteiger partial charge on any atom is -0.482 e. The third-order valence-corrected chi connectivity index (χ3v) is 1.94. The second-order valence-corrected chi connectivity index (χ2v) is 3.30. The minimum atomic E-state index is -0.655. The number of benzene rings is 1. The monoisotopic (exact) mass is 222 g/mol. The molecule has 0 bridgehead atoms. The van der Waals surface area contributed by atoms with Gasteiger partial charge in [0.1, 0.15) is 23.2 Å². The third-order valence-electron chi connectivity index (χ3n) is 1.94. The first-order valence-corrected chi connectivity index (χ1v) is 4.58. The summed E-state index contributed by atoms with van der Waals surface area (Å²) >= 11 is 0. The topological polar surface area (TPSA) is 53.3 Å². The Morgan fingerprint density at radius 1 is 1.56 bits per heavy atom. The number of hydrogen-bond acceptors (Lipinski definition) is 3. The molecule has 0 saturated heterocycles. The van der Waals surface area contributed by atoms with Gasteiger partial charge in [-0.1, -0.05) is 6.07 Å². The highest BCUT2D eigenvalue weighted by atomic mass is 19.1. The SMILES string of the molecule is CN(C)C(=O)COc1cccc(F)c1C#N. The molecular formula is C11H11FN2O2. The molecule has 0 N–H and O–H groups in total. The molecule has 0 aliphatic carbocycles. The van der Waals surface area contributed by atoms with Gasteiger partial charge in [0.2, 0.25) is 0 Å². The van der Waals surface area contributed by atoms with E-state index >= 15 is 0 Å². The molecule has 0 heterocycles. The first kappa shape index (κ1) is 12.0. The lowest BCUT2D eigenvalue weighted by Gasteiger charge is -2.12. The number of nitriles is 1. The quantitative estimate of drug-likeness (QED) is 0.771. The Hall–Kier alpha value is -2.09. The summed E-state index contributed by atoms with van der Waals surface area (Å²) < 4.78 is 18.2. The van der Waals surface area contributed by atoms with Crippen molar-refractivity contribution >= 4 is 5.91 Å². The molecule has 1 rings (SSSR count). The Balaban J connectivity index is 2.79. The number of halogens is 1. The van der Waals surface area contributed by atoms with Crippen LogP contribution >= 0.6 is 0 Å². The first-order chi connectivity index (χ1) is 7.56. The Kier molecular flexibility index (Phi) is 3.84. The van der Waals surface area contributed by atoms with Gasteiger partial charge in [0.05, 0.1) is 0 Å². The van der Waals surface area contributed by atoms with Crippen molar-refractivity contribution in [2.45, 2.75) is 0 Å². The number of nitrogens with zero attached hydrogens (tertiary/aromatic N) is 2. The van der Waals surface area contributed by atoms with Gasteiger partial charge in [-0.25, -0.2) is 4.39 Å². The number of carbonyl (C=O) groups is 1. The molecule has 0 aliphatic heterocycles. The van der Waals surface area contributed by atoms with Crippen molar-refractivity contribution in [1.29, 1.82) is 5.26 Å². The molecule has 0 saturated carbocycles. The molecular weight excluding hydrogens is 211 g/mol. The zero-order valence-electron chi connectivity index (χ0n) is 9.03. The van der Waals surface area contributed by atoms with Gasteiger partial charge in [-0.2, -0.15) is 5.26 Å². The number of carbonyl (C=O) groups excluding carboxylic acids is 1. The van der Waals surface area contributed by atoms with Crippen LogP contribution in [0.4, 0.5) is 4.39 Å². The Morgan fingerprint density at radius 3 is 2.81 bits per heavy atom. The van der Waals surface area contributed by atoms with Crippen LogP contribution in [0.25, 0.3) is 0 Å². The van der Waals surface area contributed by atoms with Gasteiger partial charge in [0, 0.05) is 14.1 Å². The number of ether oxygens (including phenoxy) is 1. The summed E-state index contributed by atoms with van der Waals surface area (Å²) in [5.41, 5.74) is -0.186. The largest absolute Gasteiger partial charge is 0.482 e. The van der Waals surface area contributed by atoms with Gasteiger partial charge in [0.25, 0.3) is 5.91 Å². The van der Waals surface area contributed by atoms with Crippen LogP contribution in [0.2, 0.25) is 0 Å². The van der Waals surface area contributed by atoms with E-state index in [0.29, 0.717) is 0 Å². The van der Waals surface area contributed by atoms with E-state index in [1.165, 1.54) is 23.1 Å². The van der Waals surface area contributed by atoms with E-state index in [1.807, 2.05) is 0 Å². The lowest BCUT2D eigenvalue weighted by atomic mass is 10.2. The summed E-state index contributed by atoms with van der Waals surface area (Å²) in [6.07, 6.45) is 0. The number of rotatable bonds is 3. The summed E-state index contributed by atoms with van der Waals surface area (Å²) in [7, 11) is 3.17. The van der Waals surface area contributed by atoms with Gasteiger partial charge in [0.15, 0.2) is 6.61 Å². The van der Waals surface area contributed by atoms with Crippen molar-refractivity contribution in [3.8, 4) is 11.8 Å². The number of hydrogen-bond donors (Lipinski definition) is 0. The molecule has 84 valence electrons. The van der Waals surface area contributed by atoms with Crippen LogP contribution in [0.15, 0.2) is 18.2 Å². The average molecular weight is 222 g/mol. The van der Waals surface area contributed by atoms with E-state index < -0.39 is 5.82 Å². The van der Waals surface area contributed by atoms with Gasteiger partial charge in [-0.3, -0.25) is 4.79 Å². The van der Waals surface area contributed by atoms with Crippen LogP contribution in [0.1, 0.15) is 5.56 Å². The highest BCUT2D eigenvalue weighted by Gasteiger charge is 2.11. The zero-order valence-corrected chi connectivity index (χ0v) is 9.03. The maximum absolute atomic E-state index is 13.1. The minimum absolute atomic E-state index is 0.0812. The summed E-state index contributed by atoms with van der Waals surface area (Å²) in [6.45, 7) is -0.217. The van der Waals surface area contributed by atoms with Crippen molar-refractivity contribution < 1.29 is 13.9 Å². The fourth-order valence-electron chi connectivity index (χ4n) is 1.00. The van der Waals surface area contributed by atoms with Crippen LogP contribution in [0.5, 0.6) is 5.75 Å². The fraction of sp³-hybridized carbons (Fsp3) is 0.273. The number of amides is 1. The fourth-order valence-corrected chi connectivity index (χ4v) is 1.00. The van der Waals surface area contributed by atoms with E-state index in [9.17, 15) is 9.18 Å². The maximum Gasteiger partial charge on any atom is 0.259 e. The van der Waals surface area contributed by atoms with Gasteiger partial charge >= 0.3 is 0 Å². The smallest absolute Gasteiger partial charge is 0.259 e. The molecule has 0 radical (unpaired) electrons. The van der Waals surface area contributed by atoms with Crippen molar-refractivity contribution in [1.82, 2.24) is 4.90 Å². The Morgan fingerprint density at radius 2 is 2.25 bits per heavy atom. The molecule has 0 aromatic heterocycles. The van der Waals surface area contributed by atoms with Gasteiger partial charge in [-0.15, -0.1) is 0 Å². The van der Waals surface area contributed by atoms with Gasteiger partial charge in [-0.05, 0) is 12.1 Å². The maximum atomic E-state index is 13.1. The molecule has 16 heavy (non-hydrogen) atoms. The third kappa shape index (κ3) is 2.70. The van der Waals surface area contributed by atoms with E-state index in [0.717, 1.165) is 0 Å².